The second-order valence-electron chi connectivity index (χ2n) is 4.16. The summed E-state index contributed by atoms with van der Waals surface area (Å²) in [4.78, 5) is 10.8. The van der Waals surface area contributed by atoms with Crippen LogP contribution in [0, 0.1) is 5.92 Å². The predicted octanol–water partition coefficient (Wildman–Crippen LogP) is 0.659. The zero-order chi connectivity index (χ0) is 11.5. The smallest absolute Gasteiger partial charge is 0.228 e. The van der Waals surface area contributed by atoms with Gasteiger partial charge < -0.3 is 15.4 Å². The largest absolute Gasteiger partial charge is 0.481 e. The summed E-state index contributed by atoms with van der Waals surface area (Å²) in [6, 6.07) is 2.09. The van der Waals surface area contributed by atoms with Crippen LogP contribution in [0.15, 0.2) is 12.3 Å². The van der Waals surface area contributed by atoms with Crippen LogP contribution in [0.1, 0.15) is 13.3 Å². The van der Waals surface area contributed by atoms with Crippen LogP contribution in [0.3, 0.4) is 0 Å². The van der Waals surface area contributed by atoms with E-state index in [1.165, 1.54) is 0 Å². The van der Waals surface area contributed by atoms with E-state index in [0.717, 1.165) is 18.9 Å². The van der Waals surface area contributed by atoms with Crippen LogP contribution in [0.4, 0.5) is 5.95 Å². The Kier molecular flexibility index (Phi) is 3.24. The Bertz CT molecular complexity index is 358. The van der Waals surface area contributed by atoms with Gasteiger partial charge in [-0.2, -0.15) is 4.98 Å². The molecule has 1 aliphatic heterocycles. The van der Waals surface area contributed by atoms with E-state index in [1.54, 1.807) is 19.4 Å². The van der Waals surface area contributed by atoms with Gasteiger partial charge in [0.15, 0.2) is 0 Å². The first-order chi connectivity index (χ1) is 7.76. The minimum absolute atomic E-state index is 0.340. The number of anilines is 1. The van der Waals surface area contributed by atoms with E-state index in [1.807, 2.05) is 0 Å². The van der Waals surface area contributed by atoms with Crippen molar-refractivity contribution in [2.24, 2.45) is 11.7 Å². The van der Waals surface area contributed by atoms with Gasteiger partial charge in [0, 0.05) is 31.4 Å². The molecule has 1 fully saturated rings. The van der Waals surface area contributed by atoms with Crippen molar-refractivity contribution < 1.29 is 4.74 Å². The molecule has 5 nitrogen and oxygen atoms in total. The lowest BCUT2D eigenvalue weighted by atomic mass is 10.0. The Balaban J connectivity index is 2.22. The number of ether oxygens (including phenoxy) is 1. The summed E-state index contributed by atoms with van der Waals surface area (Å²) in [6.45, 7) is 3.83. The van der Waals surface area contributed by atoms with Gasteiger partial charge in [0.1, 0.15) is 0 Å². The molecule has 0 bridgehead atoms. The topological polar surface area (TPSA) is 64.3 Å². The molecule has 1 aromatic rings. The van der Waals surface area contributed by atoms with Crippen LogP contribution in [-0.2, 0) is 0 Å². The number of methoxy groups -OCH3 is 1. The highest BCUT2D eigenvalue weighted by Gasteiger charge is 2.31. The zero-order valence-corrected chi connectivity index (χ0v) is 9.76. The number of aromatic nitrogens is 2. The minimum atomic E-state index is 0.340. The first-order valence-corrected chi connectivity index (χ1v) is 5.60. The lowest BCUT2D eigenvalue weighted by Gasteiger charge is -2.25. The van der Waals surface area contributed by atoms with Crippen LogP contribution in [0.5, 0.6) is 5.88 Å². The Morgan fingerprint density at radius 1 is 1.62 bits per heavy atom. The van der Waals surface area contributed by atoms with Gasteiger partial charge in [-0.15, -0.1) is 0 Å². The maximum atomic E-state index is 5.79. The van der Waals surface area contributed by atoms with Crippen molar-refractivity contribution in [1.29, 1.82) is 0 Å². The normalized spacial score (nSPS) is 24.8. The van der Waals surface area contributed by atoms with Gasteiger partial charge in [-0.25, -0.2) is 4.98 Å². The van der Waals surface area contributed by atoms with E-state index >= 15 is 0 Å². The number of hydrogen-bond acceptors (Lipinski definition) is 5. The van der Waals surface area contributed by atoms with E-state index in [9.17, 15) is 0 Å². The van der Waals surface area contributed by atoms with Crippen molar-refractivity contribution in [1.82, 2.24) is 9.97 Å². The Hall–Kier alpha value is -1.36. The molecule has 2 rings (SSSR count). The van der Waals surface area contributed by atoms with Crippen LogP contribution in [0.2, 0.25) is 0 Å². The Morgan fingerprint density at radius 2 is 2.44 bits per heavy atom. The van der Waals surface area contributed by atoms with Gasteiger partial charge >= 0.3 is 0 Å². The van der Waals surface area contributed by atoms with E-state index < -0.39 is 0 Å². The van der Waals surface area contributed by atoms with E-state index in [2.05, 4.69) is 21.8 Å². The molecule has 2 atom stereocenters. The number of nitrogens with zero attached hydrogens (tertiary/aromatic N) is 3. The second kappa shape index (κ2) is 4.65. The van der Waals surface area contributed by atoms with Crippen molar-refractivity contribution in [3.63, 3.8) is 0 Å². The molecule has 0 aliphatic carbocycles. The molecule has 0 amide bonds. The number of hydrogen-bond donors (Lipinski definition) is 1. The van der Waals surface area contributed by atoms with Gasteiger partial charge in [0.25, 0.3) is 0 Å². The molecule has 0 radical (unpaired) electrons. The monoisotopic (exact) mass is 222 g/mol. The van der Waals surface area contributed by atoms with E-state index in [0.29, 0.717) is 24.4 Å². The summed E-state index contributed by atoms with van der Waals surface area (Å²) >= 11 is 0. The molecule has 5 heteroatoms. The molecule has 1 aromatic heterocycles. The third-order valence-electron chi connectivity index (χ3n) is 3.21. The fraction of sp³-hybridized carbons (Fsp3) is 0.636. The molecule has 0 spiro atoms. The number of rotatable bonds is 3. The van der Waals surface area contributed by atoms with Crippen LogP contribution in [-0.4, -0.2) is 36.2 Å². The van der Waals surface area contributed by atoms with Gasteiger partial charge in [-0.3, -0.25) is 0 Å². The molecule has 2 N–H and O–H groups in total. The first kappa shape index (κ1) is 11.1. The summed E-state index contributed by atoms with van der Waals surface area (Å²) in [6.07, 6.45) is 2.86. The van der Waals surface area contributed by atoms with Gasteiger partial charge in [0.05, 0.1) is 7.11 Å². The average Bonchev–Trinajstić information content (AvgIpc) is 2.70. The molecule has 0 aromatic carbocycles. The standard InChI is InChI=1S/C11H18N4O/c1-8-4-6-15(9(8)7-12)11-13-5-3-10(14-11)16-2/h3,5,8-9H,4,6-7,12H2,1-2H3. The fourth-order valence-electron chi connectivity index (χ4n) is 2.20. The van der Waals surface area contributed by atoms with Crippen LogP contribution in [0.25, 0.3) is 0 Å². The fourth-order valence-corrected chi connectivity index (χ4v) is 2.20. The minimum Gasteiger partial charge on any atom is -0.481 e. The quantitative estimate of drug-likeness (QED) is 0.814. The van der Waals surface area contributed by atoms with Gasteiger partial charge in [0.2, 0.25) is 11.8 Å². The molecule has 2 heterocycles. The highest BCUT2D eigenvalue weighted by molar-refractivity contribution is 5.35. The van der Waals surface area contributed by atoms with Crippen molar-refractivity contribution in [3.8, 4) is 5.88 Å². The SMILES string of the molecule is COc1ccnc(N2CCC(C)C2CN)n1. The third-order valence-corrected chi connectivity index (χ3v) is 3.21. The summed E-state index contributed by atoms with van der Waals surface area (Å²) in [7, 11) is 1.61. The molecule has 88 valence electrons. The van der Waals surface area contributed by atoms with E-state index in [4.69, 9.17) is 10.5 Å². The van der Waals surface area contributed by atoms with Crippen molar-refractivity contribution >= 4 is 5.95 Å². The van der Waals surface area contributed by atoms with E-state index in [-0.39, 0.29) is 0 Å². The van der Waals surface area contributed by atoms with Gasteiger partial charge in [-0.1, -0.05) is 6.92 Å². The van der Waals surface area contributed by atoms with Crippen LogP contribution >= 0.6 is 0 Å². The second-order valence-corrected chi connectivity index (χ2v) is 4.16. The zero-order valence-electron chi connectivity index (χ0n) is 9.76. The summed E-state index contributed by atoms with van der Waals surface area (Å²) in [5.41, 5.74) is 5.79. The van der Waals surface area contributed by atoms with Crippen molar-refractivity contribution in [2.75, 3.05) is 25.1 Å². The van der Waals surface area contributed by atoms with Crippen molar-refractivity contribution in [2.45, 2.75) is 19.4 Å². The predicted molar refractivity (Wildman–Crippen MR) is 62.6 cm³/mol. The third kappa shape index (κ3) is 1.95. The molecule has 1 aliphatic rings. The highest BCUT2D eigenvalue weighted by atomic mass is 16.5. The van der Waals surface area contributed by atoms with Crippen LogP contribution < -0.4 is 15.4 Å². The molecule has 0 saturated carbocycles. The number of nitrogens with two attached hydrogens (primary N) is 1. The first-order valence-electron chi connectivity index (χ1n) is 5.60. The molecule has 2 unspecified atom stereocenters. The Morgan fingerprint density at radius 3 is 3.12 bits per heavy atom. The summed E-state index contributed by atoms with van der Waals surface area (Å²) in [5.74, 6) is 1.92. The molecule has 1 saturated heterocycles. The highest BCUT2D eigenvalue weighted by Crippen LogP contribution is 2.27. The molecular weight excluding hydrogens is 204 g/mol. The maximum absolute atomic E-state index is 5.79. The average molecular weight is 222 g/mol. The summed E-state index contributed by atoms with van der Waals surface area (Å²) < 4.78 is 5.10. The van der Waals surface area contributed by atoms with Gasteiger partial charge in [-0.05, 0) is 12.3 Å². The maximum Gasteiger partial charge on any atom is 0.228 e. The lowest BCUT2D eigenvalue weighted by Crippen LogP contribution is -2.39. The summed E-state index contributed by atoms with van der Waals surface area (Å²) in [5, 5.41) is 0. The Labute approximate surface area is 95.6 Å². The molecule has 16 heavy (non-hydrogen) atoms. The lowest BCUT2D eigenvalue weighted by molar-refractivity contribution is 0.396. The molecular formula is C11H18N4O. The van der Waals surface area contributed by atoms with Crippen molar-refractivity contribution in [3.05, 3.63) is 12.3 Å².